The Balaban J connectivity index is 1.45. The highest BCUT2D eigenvalue weighted by Crippen LogP contribution is 2.17. The van der Waals surface area contributed by atoms with Crippen LogP contribution in [0.25, 0.3) is 0 Å². The lowest BCUT2D eigenvalue weighted by molar-refractivity contribution is 0.0639. The van der Waals surface area contributed by atoms with Crippen LogP contribution in [0.2, 0.25) is 0 Å². The van der Waals surface area contributed by atoms with E-state index in [4.69, 9.17) is 4.74 Å². The second kappa shape index (κ2) is 8.10. The highest BCUT2D eigenvalue weighted by molar-refractivity contribution is 4.77. The zero-order valence-electron chi connectivity index (χ0n) is 11.8. The summed E-state index contributed by atoms with van der Waals surface area (Å²) in [4.78, 5) is 2.42. The zero-order chi connectivity index (χ0) is 12.6. The Bertz CT molecular complexity index is 219. The molecule has 0 radical (unpaired) electrons. The van der Waals surface area contributed by atoms with Gasteiger partial charge in [-0.05, 0) is 51.7 Å². The van der Waals surface area contributed by atoms with Crippen molar-refractivity contribution in [3.8, 4) is 0 Å². The van der Waals surface area contributed by atoms with E-state index in [9.17, 15) is 0 Å². The van der Waals surface area contributed by atoms with Gasteiger partial charge in [-0.2, -0.15) is 0 Å². The Kier molecular flexibility index (Phi) is 6.41. The molecular weight excluding hydrogens is 226 g/mol. The van der Waals surface area contributed by atoms with Gasteiger partial charge in [0.1, 0.15) is 0 Å². The van der Waals surface area contributed by atoms with E-state index in [-0.39, 0.29) is 0 Å². The van der Waals surface area contributed by atoms with Crippen LogP contribution < -0.4 is 10.6 Å². The van der Waals surface area contributed by atoms with Crippen molar-refractivity contribution >= 4 is 0 Å². The molecule has 2 N–H and O–H groups in total. The van der Waals surface area contributed by atoms with E-state index in [1.807, 2.05) is 0 Å². The number of rotatable bonds is 6. The van der Waals surface area contributed by atoms with Gasteiger partial charge in [-0.15, -0.1) is 0 Å². The van der Waals surface area contributed by atoms with Crippen molar-refractivity contribution in [2.45, 2.75) is 31.7 Å². The molecule has 0 aromatic heterocycles. The van der Waals surface area contributed by atoms with Crippen molar-refractivity contribution in [1.29, 1.82) is 0 Å². The first-order valence-electron chi connectivity index (χ1n) is 7.55. The maximum atomic E-state index is 5.38. The van der Waals surface area contributed by atoms with Crippen molar-refractivity contribution < 1.29 is 4.74 Å². The molecule has 4 heteroatoms. The summed E-state index contributed by atoms with van der Waals surface area (Å²) in [6, 6.07) is 0.680. The molecule has 2 heterocycles. The molecule has 0 saturated carbocycles. The summed E-state index contributed by atoms with van der Waals surface area (Å²) in [7, 11) is 2.21. The second-order valence-electron chi connectivity index (χ2n) is 5.80. The molecule has 0 bridgehead atoms. The van der Waals surface area contributed by atoms with Gasteiger partial charge in [-0.25, -0.2) is 0 Å². The fraction of sp³-hybridized carbons (Fsp3) is 1.00. The standard InChI is InChI=1S/C14H29N3O/c1-17-9-8-16-14(12-17)3-7-15-6-2-13-4-10-18-11-5-13/h13-16H,2-12H2,1H3. The SMILES string of the molecule is CN1CCNC(CCNCCC2CCOCC2)C1. The maximum absolute atomic E-state index is 5.38. The lowest BCUT2D eigenvalue weighted by atomic mass is 9.97. The predicted octanol–water partition coefficient (Wildman–Crippen LogP) is 0.686. The van der Waals surface area contributed by atoms with Crippen LogP contribution in [-0.4, -0.2) is 63.9 Å². The molecule has 2 aliphatic rings. The molecule has 1 atom stereocenters. The van der Waals surface area contributed by atoms with Crippen LogP contribution in [0.1, 0.15) is 25.7 Å². The summed E-state index contributed by atoms with van der Waals surface area (Å²) < 4.78 is 5.38. The number of ether oxygens (including phenoxy) is 1. The normalized spacial score (nSPS) is 27.5. The Morgan fingerprint density at radius 1 is 1.22 bits per heavy atom. The van der Waals surface area contributed by atoms with Crippen molar-refractivity contribution in [1.82, 2.24) is 15.5 Å². The fourth-order valence-corrected chi connectivity index (χ4v) is 2.93. The van der Waals surface area contributed by atoms with Crippen LogP contribution in [0.4, 0.5) is 0 Å². The minimum absolute atomic E-state index is 0.680. The largest absolute Gasteiger partial charge is 0.381 e. The van der Waals surface area contributed by atoms with Crippen molar-refractivity contribution in [2.24, 2.45) is 5.92 Å². The molecule has 0 aromatic rings. The number of hydrogen-bond acceptors (Lipinski definition) is 4. The number of nitrogens with zero attached hydrogens (tertiary/aromatic N) is 1. The molecule has 106 valence electrons. The first-order valence-corrected chi connectivity index (χ1v) is 7.55. The minimum Gasteiger partial charge on any atom is -0.381 e. The van der Waals surface area contributed by atoms with E-state index in [1.165, 1.54) is 45.3 Å². The third-order valence-corrected chi connectivity index (χ3v) is 4.20. The average Bonchev–Trinajstić information content (AvgIpc) is 2.40. The van der Waals surface area contributed by atoms with Gasteiger partial charge in [-0.1, -0.05) is 0 Å². The van der Waals surface area contributed by atoms with E-state index in [1.54, 1.807) is 0 Å². The molecule has 2 fully saturated rings. The lowest BCUT2D eigenvalue weighted by Gasteiger charge is -2.31. The molecule has 4 nitrogen and oxygen atoms in total. The Hall–Kier alpha value is -0.160. The maximum Gasteiger partial charge on any atom is 0.0468 e. The van der Waals surface area contributed by atoms with E-state index >= 15 is 0 Å². The van der Waals surface area contributed by atoms with E-state index in [2.05, 4.69) is 22.6 Å². The number of hydrogen-bond donors (Lipinski definition) is 2. The number of nitrogens with one attached hydrogen (secondary N) is 2. The second-order valence-corrected chi connectivity index (χ2v) is 5.80. The van der Waals surface area contributed by atoms with Gasteiger partial charge in [-0.3, -0.25) is 0 Å². The fourth-order valence-electron chi connectivity index (χ4n) is 2.93. The summed E-state index contributed by atoms with van der Waals surface area (Å²) in [5, 5.41) is 7.19. The van der Waals surface area contributed by atoms with Gasteiger partial charge in [0, 0.05) is 38.9 Å². The third kappa shape index (κ3) is 5.22. The highest BCUT2D eigenvalue weighted by Gasteiger charge is 2.16. The Labute approximate surface area is 111 Å². The summed E-state index contributed by atoms with van der Waals surface area (Å²) >= 11 is 0. The average molecular weight is 255 g/mol. The number of piperazine rings is 1. The first-order chi connectivity index (χ1) is 8.84. The molecule has 0 aliphatic carbocycles. The quantitative estimate of drug-likeness (QED) is 0.685. The molecule has 2 saturated heterocycles. The van der Waals surface area contributed by atoms with Gasteiger partial charge < -0.3 is 20.3 Å². The summed E-state index contributed by atoms with van der Waals surface area (Å²) in [6.07, 6.45) is 5.09. The molecule has 2 aliphatic heterocycles. The number of likely N-dealkylation sites (N-methyl/N-ethyl adjacent to an activating group) is 1. The van der Waals surface area contributed by atoms with Crippen LogP contribution in [0, 0.1) is 5.92 Å². The minimum atomic E-state index is 0.680. The molecule has 0 aromatic carbocycles. The molecule has 1 unspecified atom stereocenters. The molecule has 0 spiro atoms. The Morgan fingerprint density at radius 3 is 2.78 bits per heavy atom. The van der Waals surface area contributed by atoms with Gasteiger partial charge in [0.05, 0.1) is 0 Å². The van der Waals surface area contributed by atoms with Crippen LogP contribution >= 0.6 is 0 Å². The summed E-state index contributed by atoms with van der Waals surface area (Å²) in [5.41, 5.74) is 0. The van der Waals surface area contributed by atoms with E-state index < -0.39 is 0 Å². The first kappa shape index (κ1) is 14.3. The van der Waals surface area contributed by atoms with Crippen LogP contribution in [0.3, 0.4) is 0 Å². The van der Waals surface area contributed by atoms with Crippen LogP contribution in [0.5, 0.6) is 0 Å². The van der Waals surface area contributed by atoms with Crippen molar-refractivity contribution in [2.75, 3.05) is 53.0 Å². The Morgan fingerprint density at radius 2 is 2.00 bits per heavy atom. The van der Waals surface area contributed by atoms with Crippen molar-refractivity contribution in [3.05, 3.63) is 0 Å². The third-order valence-electron chi connectivity index (χ3n) is 4.20. The van der Waals surface area contributed by atoms with Gasteiger partial charge >= 0.3 is 0 Å². The highest BCUT2D eigenvalue weighted by atomic mass is 16.5. The predicted molar refractivity (Wildman–Crippen MR) is 74.9 cm³/mol. The van der Waals surface area contributed by atoms with Gasteiger partial charge in [0.15, 0.2) is 0 Å². The monoisotopic (exact) mass is 255 g/mol. The van der Waals surface area contributed by atoms with Gasteiger partial charge in [0.25, 0.3) is 0 Å². The smallest absolute Gasteiger partial charge is 0.0468 e. The molecule has 0 amide bonds. The molecule has 18 heavy (non-hydrogen) atoms. The van der Waals surface area contributed by atoms with E-state index in [0.717, 1.165) is 32.2 Å². The molecular formula is C14H29N3O. The summed E-state index contributed by atoms with van der Waals surface area (Å²) in [5.74, 6) is 0.894. The topological polar surface area (TPSA) is 36.5 Å². The van der Waals surface area contributed by atoms with Crippen LogP contribution in [0.15, 0.2) is 0 Å². The zero-order valence-corrected chi connectivity index (χ0v) is 11.8. The van der Waals surface area contributed by atoms with Gasteiger partial charge in [0.2, 0.25) is 0 Å². The van der Waals surface area contributed by atoms with Crippen LogP contribution in [-0.2, 0) is 4.74 Å². The lowest BCUT2D eigenvalue weighted by Crippen LogP contribution is -2.49. The van der Waals surface area contributed by atoms with Crippen molar-refractivity contribution in [3.63, 3.8) is 0 Å². The van der Waals surface area contributed by atoms with E-state index in [0.29, 0.717) is 6.04 Å². The summed E-state index contributed by atoms with van der Waals surface area (Å²) in [6.45, 7) is 7.80. The molecule has 2 rings (SSSR count).